The van der Waals surface area contributed by atoms with E-state index in [0.29, 0.717) is 5.76 Å². The standard InChI is InChI=1S/C56H64O4Si3/c1-11-44-42-51(59-62(55(5,6)7,47-34-22-14-23-35-47)48-36-24-15-25-37-48)53(60-63(56(8,9)10,49-38-26-16-27-39-49)50-40-28-17-29-41-50)52(58-44)43-57-61(54(2,3)4,45-30-18-12-19-31-45)46-32-20-13-21-33-46/h1,12-42,51-53H,43H2,2-10H3/t51-,52-,53+/m1/s1. The number of ether oxygens (including phenoxy) is 1. The lowest BCUT2D eigenvalue weighted by molar-refractivity contribution is -0.0716. The molecule has 1 aliphatic heterocycles. The van der Waals surface area contributed by atoms with Crippen LogP contribution in [0.3, 0.4) is 0 Å². The Hall–Kier alpha value is -5.05. The zero-order valence-corrected chi connectivity index (χ0v) is 41.5. The van der Waals surface area contributed by atoms with Gasteiger partial charge in [0.15, 0.2) is 5.76 Å². The van der Waals surface area contributed by atoms with Gasteiger partial charge in [0.05, 0.1) is 12.7 Å². The van der Waals surface area contributed by atoms with Crippen LogP contribution in [0.4, 0.5) is 0 Å². The number of rotatable bonds is 13. The SMILES string of the molecule is C#CC1=C[C@@H](O[Si](c2ccccc2)(c2ccccc2)C(C)(C)C)[C@H](O[Si](c2ccccc2)(c2ccccc2)C(C)(C)C)[C@@H](CO[Si](c2ccccc2)(c2ccccc2)C(C)(C)C)O1. The third-order valence-corrected chi connectivity index (χ3v) is 27.8. The fraction of sp³-hybridized carbons (Fsp3) is 0.286. The monoisotopic (exact) mass is 884 g/mol. The molecule has 0 bridgehead atoms. The first-order valence-corrected chi connectivity index (χ1v) is 28.0. The Morgan fingerprint density at radius 2 is 0.730 bits per heavy atom. The predicted molar refractivity (Wildman–Crippen MR) is 270 cm³/mol. The van der Waals surface area contributed by atoms with E-state index in [1.54, 1.807) is 0 Å². The molecule has 0 radical (unpaired) electrons. The average molecular weight is 885 g/mol. The van der Waals surface area contributed by atoms with E-state index in [4.69, 9.17) is 24.4 Å². The average Bonchev–Trinajstić information content (AvgIpc) is 3.28. The van der Waals surface area contributed by atoms with Gasteiger partial charge in [-0.25, -0.2) is 0 Å². The summed E-state index contributed by atoms with van der Waals surface area (Å²) in [5, 5.41) is 6.16. The number of terminal acetylenes is 1. The minimum Gasteiger partial charge on any atom is -0.477 e. The molecule has 7 rings (SSSR count). The highest BCUT2D eigenvalue weighted by Gasteiger charge is 2.58. The van der Waals surface area contributed by atoms with E-state index < -0.39 is 43.3 Å². The van der Waals surface area contributed by atoms with Gasteiger partial charge >= 0.3 is 0 Å². The lowest BCUT2D eigenvalue weighted by Gasteiger charge is -2.51. The van der Waals surface area contributed by atoms with Crippen molar-refractivity contribution in [3.05, 3.63) is 194 Å². The van der Waals surface area contributed by atoms with Crippen molar-refractivity contribution in [2.45, 2.75) is 95.7 Å². The van der Waals surface area contributed by atoms with Gasteiger partial charge in [-0.05, 0) is 58.2 Å². The van der Waals surface area contributed by atoms with Crippen LogP contribution < -0.4 is 31.1 Å². The Bertz CT molecular complexity index is 2330. The molecule has 3 atom stereocenters. The van der Waals surface area contributed by atoms with Crippen LogP contribution in [0.2, 0.25) is 15.1 Å². The molecule has 0 aliphatic carbocycles. The quantitative estimate of drug-likeness (QED) is 0.0857. The number of hydrogen-bond acceptors (Lipinski definition) is 4. The van der Waals surface area contributed by atoms with E-state index in [9.17, 15) is 0 Å². The summed E-state index contributed by atoms with van der Waals surface area (Å²) in [7, 11) is -9.48. The Morgan fingerprint density at radius 1 is 0.444 bits per heavy atom. The molecule has 324 valence electrons. The summed E-state index contributed by atoms with van der Waals surface area (Å²) in [5.74, 6) is 3.35. The smallest absolute Gasteiger partial charge is 0.262 e. The second-order valence-corrected chi connectivity index (χ2v) is 32.6. The Morgan fingerprint density at radius 3 is 1.02 bits per heavy atom. The highest BCUT2D eigenvalue weighted by molar-refractivity contribution is 7.01. The molecular formula is C56H64O4Si3. The molecule has 7 heteroatoms. The molecule has 6 aromatic carbocycles. The Balaban J connectivity index is 1.49. The Kier molecular flexibility index (Phi) is 13.6. The fourth-order valence-electron chi connectivity index (χ4n) is 9.94. The third kappa shape index (κ3) is 8.78. The molecule has 0 spiro atoms. The van der Waals surface area contributed by atoms with Crippen molar-refractivity contribution in [3.63, 3.8) is 0 Å². The fourth-order valence-corrected chi connectivity index (χ4v) is 23.8. The van der Waals surface area contributed by atoms with E-state index in [0.717, 1.165) is 0 Å². The summed E-state index contributed by atoms with van der Waals surface area (Å²) in [6.07, 6.45) is 6.51. The molecule has 6 aromatic rings. The van der Waals surface area contributed by atoms with Gasteiger partial charge in [0.1, 0.15) is 12.2 Å². The summed E-state index contributed by atoms with van der Waals surface area (Å²) in [4.78, 5) is 0. The van der Waals surface area contributed by atoms with Gasteiger partial charge in [-0.1, -0.05) is 244 Å². The van der Waals surface area contributed by atoms with Crippen LogP contribution in [0.15, 0.2) is 194 Å². The maximum Gasteiger partial charge on any atom is 0.262 e. The van der Waals surface area contributed by atoms with Crippen molar-refractivity contribution >= 4 is 56.1 Å². The summed E-state index contributed by atoms with van der Waals surface area (Å²) in [6, 6.07) is 64.7. The zero-order chi connectivity index (χ0) is 44.9. The molecule has 0 unspecified atom stereocenters. The molecule has 0 fully saturated rings. The summed E-state index contributed by atoms with van der Waals surface area (Å²) in [5.41, 5.74) is 0. The maximum absolute atomic E-state index is 8.26. The first-order chi connectivity index (χ1) is 30.1. The molecule has 4 nitrogen and oxygen atoms in total. The highest BCUT2D eigenvalue weighted by atomic mass is 28.4. The lowest BCUT2D eigenvalue weighted by Crippen LogP contribution is -2.73. The molecular weight excluding hydrogens is 821 g/mol. The van der Waals surface area contributed by atoms with Gasteiger partial charge in [-0.15, -0.1) is 6.42 Å². The molecule has 1 aliphatic rings. The van der Waals surface area contributed by atoms with E-state index >= 15 is 0 Å². The predicted octanol–water partition coefficient (Wildman–Crippen LogP) is 9.37. The van der Waals surface area contributed by atoms with Crippen LogP contribution in [0, 0.1) is 12.3 Å². The van der Waals surface area contributed by atoms with Crippen molar-refractivity contribution in [2.75, 3.05) is 6.61 Å². The number of benzene rings is 6. The van der Waals surface area contributed by atoms with Crippen LogP contribution in [0.25, 0.3) is 0 Å². The first-order valence-electron chi connectivity index (χ1n) is 22.3. The van der Waals surface area contributed by atoms with Crippen LogP contribution in [0.1, 0.15) is 62.3 Å². The maximum atomic E-state index is 8.26. The van der Waals surface area contributed by atoms with Crippen molar-refractivity contribution < 1.29 is 18.0 Å². The zero-order valence-electron chi connectivity index (χ0n) is 38.5. The second kappa shape index (κ2) is 18.6. The van der Waals surface area contributed by atoms with E-state index in [1.165, 1.54) is 31.1 Å². The molecule has 63 heavy (non-hydrogen) atoms. The highest BCUT2D eigenvalue weighted by Crippen LogP contribution is 2.44. The minimum absolute atomic E-state index is 0.218. The van der Waals surface area contributed by atoms with Crippen LogP contribution in [-0.2, 0) is 18.0 Å². The van der Waals surface area contributed by atoms with Crippen molar-refractivity contribution in [1.82, 2.24) is 0 Å². The van der Waals surface area contributed by atoms with E-state index in [-0.39, 0.29) is 21.7 Å². The second-order valence-electron chi connectivity index (χ2n) is 19.8. The normalized spacial score (nSPS) is 17.6. The molecule has 0 saturated carbocycles. The van der Waals surface area contributed by atoms with Gasteiger partial charge < -0.3 is 18.0 Å². The van der Waals surface area contributed by atoms with Crippen molar-refractivity contribution in [1.29, 1.82) is 0 Å². The third-order valence-electron chi connectivity index (χ3n) is 12.8. The minimum atomic E-state index is -3.24. The molecule has 1 heterocycles. The molecule has 0 aromatic heterocycles. The molecule has 0 saturated heterocycles. The largest absolute Gasteiger partial charge is 0.477 e. The van der Waals surface area contributed by atoms with Gasteiger partial charge in [0.2, 0.25) is 0 Å². The molecule has 0 N–H and O–H groups in total. The summed E-state index contributed by atoms with van der Waals surface area (Å²) < 4.78 is 31.2. The van der Waals surface area contributed by atoms with Gasteiger partial charge in [0, 0.05) is 0 Å². The lowest BCUT2D eigenvalue weighted by atomic mass is 10.1. The Labute approximate surface area is 380 Å². The van der Waals surface area contributed by atoms with Crippen molar-refractivity contribution in [3.8, 4) is 12.3 Å². The number of allylic oxidation sites excluding steroid dienone is 1. The topological polar surface area (TPSA) is 36.9 Å². The van der Waals surface area contributed by atoms with Gasteiger partial charge in [-0.2, -0.15) is 0 Å². The van der Waals surface area contributed by atoms with Crippen LogP contribution >= 0.6 is 0 Å². The van der Waals surface area contributed by atoms with Crippen LogP contribution in [-0.4, -0.2) is 49.9 Å². The van der Waals surface area contributed by atoms with Gasteiger partial charge in [-0.3, -0.25) is 0 Å². The number of hydrogen-bond donors (Lipinski definition) is 0. The van der Waals surface area contributed by atoms with Crippen LogP contribution in [0.5, 0.6) is 0 Å². The molecule has 0 amide bonds. The van der Waals surface area contributed by atoms with Crippen molar-refractivity contribution in [2.24, 2.45) is 0 Å². The van der Waals surface area contributed by atoms with Gasteiger partial charge in [0.25, 0.3) is 25.0 Å². The first kappa shape index (κ1) is 46.0. The van der Waals surface area contributed by atoms with E-state index in [1.807, 2.05) is 6.08 Å². The summed E-state index contributed by atoms with van der Waals surface area (Å²) in [6.45, 7) is 21.0. The van der Waals surface area contributed by atoms with E-state index in [2.05, 4.69) is 250 Å². The summed E-state index contributed by atoms with van der Waals surface area (Å²) >= 11 is 0.